The zero-order chi connectivity index (χ0) is 21.3. The van der Waals surface area contributed by atoms with Crippen molar-refractivity contribution in [2.24, 2.45) is 0 Å². The van der Waals surface area contributed by atoms with Crippen molar-refractivity contribution in [3.8, 4) is 11.8 Å². The fourth-order valence-electron chi connectivity index (χ4n) is 2.68. The number of amides is 1. The average molecular weight is 415 g/mol. The van der Waals surface area contributed by atoms with Crippen molar-refractivity contribution >= 4 is 39.2 Å². The van der Waals surface area contributed by atoms with Gasteiger partial charge in [0.2, 0.25) is 0 Å². The number of nitrogens with zero attached hydrogens (tertiary/aromatic N) is 5. The zero-order valence-corrected chi connectivity index (χ0v) is 17.3. The molecule has 0 aliphatic heterocycles. The SMILES string of the molecule is Cc1csc(NC(=O)c2cncc(C#Cc3c(N)ncc4nc(C)c(C)nc34)c2)n1. The van der Waals surface area contributed by atoms with Gasteiger partial charge in [-0.05, 0) is 26.8 Å². The average Bonchev–Trinajstić information content (AvgIpc) is 3.13. The summed E-state index contributed by atoms with van der Waals surface area (Å²) in [5.41, 5.74) is 11.2. The summed E-state index contributed by atoms with van der Waals surface area (Å²) in [6.07, 6.45) is 4.64. The molecular weight excluding hydrogens is 398 g/mol. The van der Waals surface area contributed by atoms with Crippen LogP contribution in [0.25, 0.3) is 11.0 Å². The molecule has 4 aromatic rings. The van der Waals surface area contributed by atoms with E-state index in [4.69, 9.17) is 5.73 Å². The molecular formula is C21H17N7OS. The van der Waals surface area contributed by atoms with Gasteiger partial charge in [0, 0.05) is 23.3 Å². The second-order valence-corrected chi connectivity index (χ2v) is 7.47. The van der Waals surface area contributed by atoms with E-state index in [-0.39, 0.29) is 11.7 Å². The van der Waals surface area contributed by atoms with E-state index in [1.807, 2.05) is 26.2 Å². The number of aromatic nitrogens is 5. The number of rotatable bonds is 2. The van der Waals surface area contributed by atoms with Gasteiger partial charge in [-0.3, -0.25) is 15.1 Å². The Hall–Kier alpha value is -3.90. The molecule has 0 saturated carbocycles. The van der Waals surface area contributed by atoms with Gasteiger partial charge in [0.15, 0.2) is 5.13 Å². The van der Waals surface area contributed by atoms with Gasteiger partial charge in [0.25, 0.3) is 5.91 Å². The number of nitrogens with two attached hydrogens (primary N) is 1. The molecule has 4 heterocycles. The van der Waals surface area contributed by atoms with E-state index in [0.717, 1.165) is 17.1 Å². The van der Waals surface area contributed by atoms with Crippen LogP contribution in [0, 0.1) is 32.6 Å². The Labute approximate surface area is 176 Å². The lowest BCUT2D eigenvalue weighted by Gasteiger charge is -2.05. The van der Waals surface area contributed by atoms with Crippen LogP contribution >= 0.6 is 11.3 Å². The third-order valence-electron chi connectivity index (χ3n) is 4.32. The van der Waals surface area contributed by atoms with Crippen LogP contribution in [0.5, 0.6) is 0 Å². The van der Waals surface area contributed by atoms with Crippen molar-refractivity contribution in [1.82, 2.24) is 24.9 Å². The molecule has 0 bridgehead atoms. The van der Waals surface area contributed by atoms with E-state index in [0.29, 0.717) is 32.9 Å². The number of nitrogens with one attached hydrogen (secondary N) is 1. The van der Waals surface area contributed by atoms with E-state index in [2.05, 4.69) is 42.1 Å². The Kier molecular flexibility index (Phi) is 5.08. The van der Waals surface area contributed by atoms with Crippen LogP contribution < -0.4 is 11.1 Å². The standard InChI is InChI=1S/C21H17N7OS/c1-11-10-30-21(25-11)28-20(29)15-6-14(7-23-8-15)4-5-16-18-17(9-24-19(16)22)26-12(2)13(3)27-18/h6-10H,1-3H3,(H2,22,24)(H,25,28,29). The Balaban J connectivity index is 1.67. The van der Waals surface area contributed by atoms with Crippen LogP contribution in [0.4, 0.5) is 10.9 Å². The molecule has 0 aliphatic carbocycles. The van der Waals surface area contributed by atoms with E-state index in [1.54, 1.807) is 18.5 Å². The Morgan fingerprint density at radius 3 is 2.63 bits per heavy atom. The zero-order valence-electron chi connectivity index (χ0n) is 16.5. The molecule has 148 valence electrons. The lowest BCUT2D eigenvalue weighted by Crippen LogP contribution is -2.12. The summed E-state index contributed by atoms with van der Waals surface area (Å²) in [6.45, 7) is 5.63. The maximum absolute atomic E-state index is 12.5. The van der Waals surface area contributed by atoms with Crippen molar-refractivity contribution < 1.29 is 4.79 Å². The van der Waals surface area contributed by atoms with Crippen LogP contribution in [0.2, 0.25) is 0 Å². The number of hydrogen-bond donors (Lipinski definition) is 2. The van der Waals surface area contributed by atoms with E-state index >= 15 is 0 Å². The quantitative estimate of drug-likeness (QED) is 0.483. The molecule has 0 fully saturated rings. The predicted octanol–water partition coefficient (Wildman–Crippen LogP) is 3.04. The van der Waals surface area contributed by atoms with E-state index in [9.17, 15) is 4.79 Å². The maximum Gasteiger partial charge on any atom is 0.259 e. The van der Waals surface area contributed by atoms with E-state index < -0.39 is 0 Å². The minimum Gasteiger partial charge on any atom is -0.383 e. The highest BCUT2D eigenvalue weighted by atomic mass is 32.1. The van der Waals surface area contributed by atoms with Crippen molar-refractivity contribution in [3.63, 3.8) is 0 Å². The lowest BCUT2D eigenvalue weighted by atomic mass is 10.1. The van der Waals surface area contributed by atoms with Crippen LogP contribution in [0.3, 0.4) is 0 Å². The summed E-state index contributed by atoms with van der Waals surface area (Å²) in [4.78, 5) is 34.1. The normalized spacial score (nSPS) is 10.5. The highest BCUT2D eigenvalue weighted by Gasteiger charge is 2.11. The molecule has 3 N–H and O–H groups in total. The van der Waals surface area contributed by atoms with Gasteiger partial charge >= 0.3 is 0 Å². The number of pyridine rings is 2. The van der Waals surface area contributed by atoms with Crippen LogP contribution in [0.15, 0.2) is 30.0 Å². The molecule has 0 aromatic carbocycles. The van der Waals surface area contributed by atoms with Crippen molar-refractivity contribution in [1.29, 1.82) is 0 Å². The number of fused-ring (bicyclic) bond motifs is 1. The van der Waals surface area contributed by atoms with Gasteiger partial charge in [-0.25, -0.2) is 19.9 Å². The van der Waals surface area contributed by atoms with Crippen molar-refractivity contribution in [2.75, 3.05) is 11.1 Å². The smallest absolute Gasteiger partial charge is 0.259 e. The molecule has 4 aromatic heterocycles. The Bertz CT molecular complexity index is 1350. The first-order chi connectivity index (χ1) is 14.4. The summed E-state index contributed by atoms with van der Waals surface area (Å²) in [7, 11) is 0. The number of thiazole rings is 1. The number of aryl methyl sites for hydroxylation is 3. The van der Waals surface area contributed by atoms with Crippen molar-refractivity contribution in [2.45, 2.75) is 20.8 Å². The van der Waals surface area contributed by atoms with Gasteiger partial charge in [0.05, 0.1) is 34.4 Å². The largest absolute Gasteiger partial charge is 0.383 e. The molecule has 30 heavy (non-hydrogen) atoms. The van der Waals surface area contributed by atoms with Gasteiger partial charge in [-0.15, -0.1) is 11.3 Å². The second-order valence-electron chi connectivity index (χ2n) is 6.61. The van der Waals surface area contributed by atoms with Crippen LogP contribution in [-0.4, -0.2) is 30.8 Å². The first kappa shape index (κ1) is 19.4. The Morgan fingerprint density at radius 1 is 1.07 bits per heavy atom. The number of carbonyl (C=O) groups is 1. The third kappa shape index (κ3) is 3.94. The monoisotopic (exact) mass is 415 g/mol. The van der Waals surface area contributed by atoms with Gasteiger partial charge in [-0.1, -0.05) is 11.8 Å². The molecule has 1 amide bonds. The van der Waals surface area contributed by atoms with E-state index in [1.165, 1.54) is 17.5 Å². The fraction of sp³-hybridized carbons (Fsp3) is 0.143. The van der Waals surface area contributed by atoms with Gasteiger partial charge < -0.3 is 5.73 Å². The topological polar surface area (TPSA) is 120 Å². The summed E-state index contributed by atoms with van der Waals surface area (Å²) in [6, 6.07) is 1.66. The molecule has 4 rings (SSSR count). The molecule has 0 radical (unpaired) electrons. The number of carbonyl (C=O) groups excluding carboxylic acids is 1. The highest BCUT2D eigenvalue weighted by Crippen LogP contribution is 2.20. The van der Waals surface area contributed by atoms with Crippen LogP contribution in [-0.2, 0) is 0 Å². The first-order valence-corrected chi connectivity index (χ1v) is 9.88. The molecule has 8 nitrogen and oxygen atoms in total. The van der Waals surface area contributed by atoms with Gasteiger partial charge in [-0.2, -0.15) is 0 Å². The molecule has 0 aliphatic rings. The molecule has 0 unspecified atom stereocenters. The Morgan fingerprint density at radius 2 is 1.87 bits per heavy atom. The number of anilines is 2. The highest BCUT2D eigenvalue weighted by molar-refractivity contribution is 7.13. The maximum atomic E-state index is 12.5. The molecule has 0 saturated heterocycles. The molecule has 0 spiro atoms. The molecule has 9 heteroatoms. The number of nitrogen functional groups attached to an aromatic ring is 1. The first-order valence-electron chi connectivity index (χ1n) is 9.00. The minimum absolute atomic E-state index is 0.272. The fourth-order valence-corrected chi connectivity index (χ4v) is 3.37. The number of hydrogen-bond acceptors (Lipinski definition) is 8. The lowest BCUT2D eigenvalue weighted by molar-refractivity contribution is 0.102. The van der Waals surface area contributed by atoms with Crippen molar-refractivity contribution in [3.05, 3.63) is 63.8 Å². The summed E-state index contributed by atoms with van der Waals surface area (Å²) in [5, 5.41) is 5.16. The summed E-state index contributed by atoms with van der Waals surface area (Å²) in [5.74, 6) is 5.98. The third-order valence-corrected chi connectivity index (χ3v) is 5.20. The van der Waals surface area contributed by atoms with Crippen LogP contribution in [0.1, 0.15) is 38.6 Å². The van der Waals surface area contributed by atoms with Gasteiger partial charge in [0.1, 0.15) is 16.9 Å². The molecule has 0 atom stereocenters. The second kappa shape index (κ2) is 7.85. The predicted molar refractivity (Wildman–Crippen MR) is 116 cm³/mol. The summed E-state index contributed by atoms with van der Waals surface area (Å²) >= 11 is 1.36. The summed E-state index contributed by atoms with van der Waals surface area (Å²) < 4.78 is 0. The minimum atomic E-state index is -0.302.